The number of hydrogen-bond donors (Lipinski definition) is 2. The van der Waals surface area contributed by atoms with Gasteiger partial charge in [-0.25, -0.2) is 13.6 Å². The van der Waals surface area contributed by atoms with Gasteiger partial charge in [-0.05, 0) is 31.5 Å². The molecule has 0 bridgehead atoms. The third-order valence-corrected chi connectivity index (χ3v) is 3.57. The van der Waals surface area contributed by atoms with Crippen LogP contribution in [0.4, 0.5) is 14.5 Å². The van der Waals surface area contributed by atoms with E-state index in [4.69, 9.17) is 9.47 Å². The number of aryl methyl sites for hydroxylation is 1. The second-order valence-electron chi connectivity index (χ2n) is 5.33. The van der Waals surface area contributed by atoms with Gasteiger partial charge in [-0.15, -0.1) is 0 Å². The molecule has 0 saturated carbocycles. The number of carbonyl (C=O) groups is 2. The Labute approximate surface area is 143 Å². The lowest BCUT2D eigenvalue weighted by Gasteiger charge is -2.07. The van der Waals surface area contributed by atoms with Crippen LogP contribution >= 0.6 is 0 Å². The molecule has 1 amide bonds. The van der Waals surface area contributed by atoms with Crippen molar-refractivity contribution < 1.29 is 27.8 Å². The molecule has 2 N–H and O–H groups in total. The summed E-state index contributed by atoms with van der Waals surface area (Å²) in [6.07, 6.45) is 0. The average Bonchev–Trinajstić information content (AvgIpc) is 2.85. The zero-order valence-electron chi connectivity index (χ0n) is 14.0. The number of benzene rings is 1. The molecule has 1 heterocycles. The van der Waals surface area contributed by atoms with Gasteiger partial charge in [0.25, 0.3) is 5.91 Å². The first-order valence-corrected chi connectivity index (χ1v) is 7.46. The summed E-state index contributed by atoms with van der Waals surface area (Å²) in [5.74, 6) is -2.88. The minimum absolute atomic E-state index is 0.0850. The first kappa shape index (κ1) is 18.6. The number of hydrogen-bond acceptors (Lipinski definition) is 4. The van der Waals surface area contributed by atoms with Crippen LogP contribution in [0.3, 0.4) is 0 Å². The molecule has 134 valence electrons. The van der Waals surface area contributed by atoms with Crippen molar-refractivity contribution in [2.24, 2.45) is 0 Å². The fraction of sp³-hybridized carbons (Fsp3) is 0.294. The molecule has 0 saturated heterocycles. The topological polar surface area (TPSA) is 80.4 Å². The fourth-order valence-corrected chi connectivity index (χ4v) is 2.35. The van der Waals surface area contributed by atoms with E-state index in [0.29, 0.717) is 17.3 Å². The third-order valence-electron chi connectivity index (χ3n) is 3.57. The Morgan fingerprint density at radius 1 is 1.20 bits per heavy atom. The highest BCUT2D eigenvalue weighted by Crippen LogP contribution is 2.21. The Morgan fingerprint density at radius 3 is 2.56 bits per heavy atom. The normalized spacial score (nSPS) is 10.6. The number of amides is 1. The van der Waals surface area contributed by atoms with Gasteiger partial charge in [0.1, 0.15) is 23.9 Å². The van der Waals surface area contributed by atoms with Gasteiger partial charge in [0.2, 0.25) is 0 Å². The number of methoxy groups -OCH3 is 1. The van der Waals surface area contributed by atoms with Crippen LogP contribution in [0.1, 0.15) is 32.1 Å². The standard InChI is InChI=1S/C17H18F2N2O4/c1-9-14(17(23)25-7-6-24-3)10(2)20-15(9)16(22)21-13-5-4-11(18)8-12(13)19/h4-5,8,20H,6-7H2,1-3H3,(H,21,22). The van der Waals surface area contributed by atoms with Gasteiger partial charge in [-0.1, -0.05) is 0 Å². The number of nitrogens with one attached hydrogen (secondary N) is 2. The number of aromatic nitrogens is 1. The molecule has 0 unspecified atom stereocenters. The molecule has 0 radical (unpaired) electrons. The van der Waals surface area contributed by atoms with Gasteiger partial charge in [-0.2, -0.15) is 0 Å². The van der Waals surface area contributed by atoms with Crippen molar-refractivity contribution in [1.29, 1.82) is 0 Å². The van der Waals surface area contributed by atoms with Crippen LogP contribution in [0.25, 0.3) is 0 Å². The van der Waals surface area contributed by atoms with Gasteiger partial charge >= 0.3 is 5.97 Å². The molecule has 0 atom stereocenters. The van der Waals surface area contributed by atoms with E-state index in [1.807, 2.05) is 0 Å². The molecule has 1 aromatic heterocycles. The third kappa shape index (κ3) is 4.21. The minimum Gasteiger partial charge on any atom is -0.460 e. The van der Waals surface area contributed by atoms with E-state index in [9.17, 15) is 18.4 Å². The van der Waals surface area contributed by atoms with E-state index in [2.05, 4.69) is 10.3 Å². The van der Waals surface area contributed by atoms with Gasteiger partial charge in [0.05, 0.1) is 17.9 Å². The zero-order chi connectivity index (χ0) is 18.6. The minimum atomic E-state index is -0.895. The van der Waals surface area contributed by atoms with Gasteiger partial charge < -0.3 is 19.8 Å². The van der Waals surface area contributed by atoms with Crippen LogP contribution in [-0.2, 0) is 9.47 Å². The molecule has 0 spiro atoms. The molecule has 0 aliphatic heterocycles. The Kier molecular flexibility index (Phi) is 5.87. The van der Waals surface area contributed by atoms with Crippen LogP contribution in [0.2, 0.25) is 0 Å². The molecule has 0 aliphatic rings. The monoisotopic (exact) mass is 352 g/mol. The molecule has 1 aromatic carbocycles. The maximum atomic E-state index is 13.7. The van der Waals surface area contributed by atoms with E-state index >= 15 is 0 Å². The van der Waals surface area contributed by atoms with E-state index in [1.165, 1.54) is 7.11 Å². The number of halogens is 2. The Bertz CT molecular complexity index is 802. The van der Waals surface area contributed by atoms with Crippen molar-refractivity contribution in [2.45, 2.75) is 13.8 Å². The molecule has 0 aliphatic carbocycles. The molecule has 2 aromatic rings. The molecule has 8 heteroatoms. The number of H-pyrrole nitrogens is 1. The lowest BCUT2D eigenvalue weighted by molar-refractivity contribution is 0.0387. The number of esters is 1. The number of aromatic amines is 1. The number of rotatable bonds is 6. The van der Waals surface area contributed by atoms with E-state index in [1.54, 1.807) is 13.8 Å². The van der Waals surface area contributed by atoms with E-state index in [0.717, 1.165) is 12.1 Å². The quantitative estimate of drug-likeness (QED) is 0.619. The predicted octanol–water partition coefficient (Wildman–Crippen LogP) is 2.97. The summed E-state index contributed by atoms with van der Waals surface area (Å²) in [4.78, 5) is 27.3. The summed E-state index contributed by atoms with van der Waals surface area (Å²) in [5, 5.41) is 2.34. The SMILES string of the molecule is COCCOC(=O)c1c(C)[nH]c(C(=O)Nc2ccc(F)cc2F)c1C. The second-order valence-corrected chi connectivity index (χ2v) is 5.33. The summed E-state index contributed by atoms with van der Waals surface area (Å²) in [5.41, 5.74) is 0.993. The number of ether oxygens (including phenoxy) is 2. The van der Waals surface area contributed by atoms with E-state index in [-0.39, 0.29) is 30.2 Å². The van der Waals surface area contributed by atoms with Gasteiger partial charge in [0, 0.05) is 18.9 Å². The second kappa shape index (κ2) is 7.89. The molecule has 6 nitrogen and oxygen atoms in total. The summed E-state index contributed by atoms with van der Waals surface area (Å²) >= 11 is 0. The largest absolute Gasteiger partial charge is 0.460 e. The summed E-state index contributed by atoms with van der Waals surface area (Å²) in [6, 6.07) is 2.82. The van der Waals surface area contributed by atoms with Crippen LogP contribution in [0.5, 0.6) is 0 Å². The lowest BCUT2D eigenvalue weighted by Crippen LogP contribution is -2.15. The van der Waals surface area contributed by atoms with Crippen molar-refractivity contribution in [3.63, 3.8) is 0 Å². The summed E-state index contributed by atoms with van der Waals surface area (Å²) in [7, 11) is 1.48. The van der Waals surface area contributed by atoms with Gasteiger partial charge in [-0.3, -0.25) is 4.79 Å². The number of carbonyl (C=O) groups excluding carboxylic acids is 2. The Morgan fingerprint density at radius 2 is 1.92 bits per heavy atom. The lowest BCUT2D eigenvalue weighted by atomic mass is 10.1. The molecular formula is C17H18F2N2O4. The molecular weight excluding hydrogens is 334 g/mol. The highest BCUT2D eigenvalue weighted by Gasteiger charge is 2.23. The molecule has 25 heavy (non-hydrogen) atoms. The van der Waals surface area contributed by atoms with Crippen LogP contribution in [-0.4, -0.2) is 37.2 Å². The van der Waals surface area contributed by atoms with Crippen molar-refractivity contribution in [3.05, 3.63) is 52.3 Å². The highest BCUT2D eigenvalue weighted by atomic mass is 19.1. The van der Waals surface area contributed by atoms with Crippen LogP contribution in [0, 0.1) is 25.5 Å². The average molecular weight is 352 g/mol. The Hall–Kier alpha value is -2.74. The van der Waals surface area contributed by atoms with Crippen molar-refractivity contribution in [3.8, 4) is 0 Å². The molecule has 0 fully saturated rings. The maximum absolute atomic E-state index is 13.7. The number of anilines is 1. The van der Waals surface area contributed by atoms with E-state index < -0.39 is 23.5 Å². The smallest absolute Gasteiger partial charge is 0.340 e. The summed E-state index contributed by atoms with van der Waals surface area (Å²) < 4.78 is 36.5. The maximum Gasteiger partial charge on any atom is 0.340 e. The highest BCUT2D eigenvalue weighted by molar-refractivity contribution is 6.06. The molecule has 2 rings (SSSR count). The fourth-order valence-electron chi connectivity index (χ4n) is 2.35. The Balaban J connectivity index is 2.20. The van der Waals surface area contributed by atoms with Gasteiger partial charge in [0.15, 0.2) is 0 Å². The van der Waals surface area contributed by atoms with Crippen molar-refractivity contribution in [2.75, 3.05) is 25.6 Å². The predicted molar refractivity (Wildman–Crippen MR) is 86.7 cm³/mol. The van der Waals surface area contributed by atoms with Crippen molar-refractivity contribution >= 4 is 17.6 Å². The summed E-state index contributed by atoms with van der Waals surface area (Å²) in [6.45, 7) is 3.54. The van der Waals surface area contributed by atoms with Crippen LogP contribution in [0.15, 0.2) is 18.2 Å². The first-order chi connectivity index (χ1) is 11.8. The van der Waals surface area contributed by atoms with Crippen LogP contribution < -0.4 is 5.32 Å². The van der Waals surface area contributed by atoms with Crippen molar-refractivity contribution in [1.82, 2.24) is 4.98 Å². The zero-order valence-corrected chi connectivity index (χ0v) is 14.0. The first-order valence-electron chi connectivity index (χ1n) is 7.46.